The van der Waals surface area contributed by atoms with E-state index in [1.807, 2.05) is 36.4 Å². The normalized spacial score (nSPS) is 14.4. The average molecular weight is 344 g/mol. The zero-order valence-corrected chi connectivity index (χ0v) is 14.9. The Bertz CT molecular complexity index is 913. The summed E-state index contributed by atoms with van der Waals surface area (Å²) in [6, 6.07) is 22.6. The minimum Gasteiger partial charge on any atom is -0.370 e. The molecule has 1 saturated heterocycles. The molecule has 0 unspecified atom stereocenters. The van der Waals surface area contributed by atoms with E-state index in [2.05, 4.69) is 40.5 Å². The summed E-state index contributed by atoms with van der Waals surface area (Å²) in [6.45, 7) is 2.13. The first-order chi connectivity index (χ1) is 12.8. The summed E-state index contributed by atoms with van der Waals surface area (Å²) >= 11 is 0. The maximum absolute atomic E-state index is 12.6. The van der Waals surface area contributed by atoms with Crippen molar-refractivity contribution in [1.29, 1.82) is 0 Å². The summed E-state index contributed by atoms with van der Waals surface area (Å²) in [5.74, 6) is 0.0322. The van der Waals surface area contributed by atoms with Crippen molar-refractivity contribution in [2.75, 3.05) is 23.3 Å². The molecule has 1 fully saturated rings. The number of anilines is 2. The van der Waals surface area contributed by atoms with Gasteiger partial charge in [-0.1, -0.05) is 54.6 Å². The van der Waals surface area contributed by atoms with Crippen LogP contribution in [0.3, 0.4) is 0 Å². The van der Waals surface area contributed by atoms with E-state index in [0.29, 0.717) is 6.42 Å². The van der Waals surface area contributed by atoms with Crippen LogP contribution in [0.15, 0.2) is 66.7 Å². The van der Waals surface area contributed by atoms with Crippen molar-refractivity contribution in [2.45, 2.75) is 25.7 Å². The predicted molar refractivity (Wildman–Crippen MR) is 109 cm³/mol. The van der Waals surface area contributed by atoms with Gasteiger partial charge in [0.05, 0.1) is 17.8 Å². The fraction of sp³-hybridized carbons (Fsp3) is 0.261. The van der Waals surface area contributed by atoms with Crippen LogP contribution in [-0.2, 0) is 11.2 Å². The summed E-state index contributed by atoms with van der Waals surface area (Å²) in [7, 11) is 0. The number of benzene rings is 3. The Balaban J connectivity index is 1.49. The molecule has 0 aromatic heterocycles. The van der Waals surface area contributed by atoms with E-state index < -0.39 is 0 Å². The zero-order chi connectivity index (χ0) is 17.8. The molecule has 3 aromatic rings. The van der Waals surface area contributed by atoms with Gasteiger partial charge in [-0.15, -0.1) is 0 Å². The number of nitrogens with zero attached hydrogens (tertiary/aromatic N) is 1. The molecule has 0 aliphatic carbocycles. The van der Waals surface area contributed by atoms with E-state index in [9.17, 15) is 4.79 Å². The molecule has 0 atom stereocenters. The Morgan fingerprint density at radius 2 is 1.58 bits per heavy atom. The third-order valence-electron chi connectivity index (χ3n) is 5.05. The molecular weight excluding hydrogens is 320 g/mol. The van der Waals surface area contributed by atoms with Crippen LogP contribution in [0, 0.1) is 0 Å². The number of nitrogens with one attached hydrogen (secondary N) is 1. The molecule has 1 N–H and O–H groups in total. The van der Waals surface area contributed by atoms with E-state index in [0.717, 1.165) is 30.0 Å². The lowest BCUT2D eigenvalue weighted by Gasteiger charge is -2.30. The molecule has 3 nitrogen and oxygen atoms in total. The topological polar surface area (TPSA) is 32.3 Å². The third kappa shape index (κ3) is 3.72. The second kappa shape index (κ2) is 7.61. The first-order valence-electron chi connectivity index (χ1n) is 9.41. The highest BCUT2D eigenvalue weighted by molar-refractivity contribution is 5.96. The number of rotatable bonds is 4. The number of hydrogen-bond donors (Lipinski definition) is 1. The molecule has 1 amide bonds. The van der Waals surface area contributed by atoms with Crippen molar-refractivity contribution in [2.24, 2.45) is 0 Å². The van der Waals surface area contributed by atoms with Crippen LogP contribution in [-0.4, -0.2) is 19.0 Å². The minimum absolute atomic E-state index is 0.0322. The second-order valence-electron chi connectivity index (χ2n) is 6.97. The number of piperidine rings is 1. The van der Waals surface area contributed by atoms with Gasteiger partial charge in [0.1, 0.15) is 0 Å². The molecular formula is C23H24N2O. The Morgan fingerprint density at radius 3 is 2.42 bits per heavy atom. The highest BCUT2D eigenvalue weighted by Gasteiger charge is 2.15. The first-order valence-corrected chi connectivity index (χ1v) is 9.41. The smallest absolute Gasteiger partial charge is 0.228 e. The molecule has 0 spiro atoms. The van der Waals surface area contributed by atoms with Crippen LogP contribution in [0.5, 0.6) is 0 Å². The fourth-order valence-electron chi connectivity index (χ4n) is 3.72. The van der Waals surface area contributed by atoms with Crippen molar-refractivity contribution in [1.82, 2.24) is 0 Å². The van der Waals surface area contributed by atoms with E-state index in [4.69, 9.17) is 0 Å². The fourth-order valence-corrected chi connectivity index (χ4v) is 3.72. The Labute approximate surface area is 154 Å². The Hall–Kier alpha value is -2.81. The van der Waals surface area contributed by atoms with Gasteiger partial charge in [-0.25, -0.2) is 0 Å². The molecule has 1 aliphatic rings. The number of hydrogen-bond acceptors (Lipinski definition) is 2. The van der Waals surface area contributed by atoms with E-state index in [1.165, 1.54) is 30.0 Å². The van der Waals surface area contributed by atoms with Gasteiger partial charge in [-0.2, -0.15) is 0 Å². The number of fused-ring (bicyclic) bond motifs is 1. The van der Waals surface area contributed by atoms with Crippen LogP contribution in [0.25, 0.3) is 10.8 Å². The van der Waals surface area contributed by atoms with Crippen LogP contribution < -0.4 is 10.2 Å². The monoisotopic (exact) mass is 344 g/mol. The van der Waals surface area contributed by atoms with Gasteiger partial charge in [0.2, 0.25) is 5.91 Å². The number of para-hydroxylation sites is 2. The first kappa shape index (κ1) is 16.6. The summed E-state index contributed by atoms with van der Waals surface area (Å²) < 4.78 is 0. The van der Waals surface area contributed by atoms with Crippen LogP contribution in [0.2, 0.25) is 0 Å². The van der Waals surface area contributed by atoms with Gasteiger partial charge in [-0.3, -0.25) is 4.79 Å². The van der Waals surface area contributed by atoms with Gasteiger partial charge < -0.3 is 10.2 Å². The summed E-state index contributed by atoms with van der Waals surface area (Å²) in [6.07, 6.45) is 4.13. The molecule has 1 aliphatic heterocycles. The van der Waals surface area contributed by atoms with Gasteiger partial charge >= 0.3 is 0 Å². The quantitative estimate of drug-likeness (QED) is 0.721. The number of carbonyl (C=O) groups excluding carboxylic acids is 1. The van der Waals surface area contributed by atoms with Crippen molar-refractivity contribution in [3.63, 3.8) is 0 Å². The summed E-state index contributed by atoms with van der Waals surface area (Å²) in [5.41, 5.74) is 3.09. The van der Waals surface area contributed by atoms with E-state index in [-0.39, 0.29) is 5.91 Å². The van der Waals surface area contributed by atoms with Gasteiger partial charge in [0, 0.05) is 13.1 Å². The lowest BCUT2D eigenvalue weighted by atomic mass is 10.0. The SMILES string of the molecule is O=C(Cc1ccc2ccccc2c1)Nc1ccccc1N1CCCCC1. The molecule has 1 heterocycles. The number of carbonyl (C=O) groups is 1. The highest BCUT2D eigenvalue weighted by atomic mass is 16.1. The maximum Gasteiger partial charge on any atom is 0.228 e. The van der Waals surface area contributed by atoms with Gasteiger partial charge in [0.15, 0.2) is 0 Å². The lowest BCUT2D eigenvalue weighted by Crippen LogP contribution is -2.30. The van der Waals surface area contributed by atoms with Crippen molar-refractivity contribution in [3.05, 3.63) is 72.3 Å². The summed E-state index contributed by atoms with van der Waals surface area (Å²) in [5, 5.41) is 5.50. The molecule has 0 radical (unpaired) electrons. The zero-order valence-electron chi connectivity index (χ0n) is 14.9. The lowest BCUT2D eigenvalue weighted by molar-refractivity contribution is -0.115. The van der Waals surface area contributed by atoms with Gasteiger partial charge in [0.25, 0.3) is 0 Å². The van der Waals surface area contributed by atoms with Crippen LogP contribution in [0.4, 0.5) is 11.4 Å². The molecule has 4 rings (SSSR count). The number of amides is 1. The Kier molecular flexibility index (Phi) is 4.87. The standard InChI is InChI=1S/C23H24N2O/c26-23(17-18-12-13-19-8-2-3-9-20(19)16-18)24-21-10-4-5-11-22(21)25-14-6-1-7-15-25/h2-5,8-13,16H,1,6-7,14-15,17H2,(H,24,26). The molecule has 0 saturated carbocycles. The van der Waals surface area contributed by atoms with Crippen LogP contribution >= 0.6 is 0 Å². The molecule has 0 bridgehead atoms. The second-order valence-corrected chi connectivity index (χ2v) is 6.97. The predicted octanol–water partition coefficient (Wildman–Crippen LogP) is 5.01. The largest absolute Gasteiger partial charge is 0.370 e. The summed E-state index contributed by atoms with van der Waals surface area (Å²) in [4.78, 5) is 15.0. The molecule has 3 aromatic carbocycles. The molecule has 132 valence electrons. The average Bonchev–Trinajstić information content (AvgIpc) is 2.69. The maximum atomic E-state index is 12.6. The van der Waals surface area contributed by atoms with Crippen molar-refractivity contribution >= 4 is 28.1 Å². The van der Waals surface area contributed by atoms with E-state index in [1.54, 1.807) is 0 Å². The van der Waals surface area contributed by atoms with Crippen molar-refractivity contribution in [3.8, 4) is 0 Å². The minimum atomic E-state index is 0.0322. The highest BCUT2D eigenvalue weighted by Crippen LogP contribution is 2.28. The molecule has 3 heteroatoms. The Morgan fingerprint density at radius 1 is 0.846 bits per heavy atom. The van der Waals surface area contributed by atoms with Crippen molar-refractivity contribution < 1.29 is 4.79 Å². The molecule has 26 heavy (non-hydrogen) atoms. The van der Waals surface area contributed by atoms with Gasteiger partial charge in [-0.05, 0) is 47.7 Å². The van der Waals surface area contributed by atoms with Crippen LogP contribution in [0.1, 0.15) is 24.8 Å². The van der Waals surface area contributed by atoms with E-state index >= 15 is 0 Å². The third-order valence-corrected chi connectivity index (χ3v) is 5.05.